The minimum Gasteiger partial charge on any atom is -0.483 e. The van der Waals surface area contributed by atoms with Crippen LogP contribution < -0.4 is 25.0 Å². The predicted octanol–water partition coefficient (Wildman–Crippen LogP) is 4.54. The SMILES string of the molecule is NS(=O)(=O)c1ccc(NC(=O)COc2ccccc2[C@@H]2c3sc(=O)[nH]c3S[C@@H]3[C@@H]4C[C@@H]([C@@H]5C(=O)N(c6ccc(Br)cc6)C(=O)[C@@H]45)[C@H]23)cc1. The van der Waals surface area contributed by atoms with E-state index in [1.165, 1.54) is 29.2 Å². The van der Waals surface area contributed by atoms with E-state index >= 15 is 0 Å². The van der Waals surface area contributed by atoms with Crippen LogP contribution in [-0.2, 0) is 24.4 Å². The Labute approximate surface area is 291 Å². The van der Waals surface area contributed by atoms with Gasteiger partial charge in [-0.25, -0.2) is 13.6 Å². The number of nitrogens with zero attached hydrogens (tertiary/aromatic N) is 1. The second-order valence-corrected chi connectivity index (χ2v) is 17.1. The number of nitrogens with two attached hydrogens (primary N) is 1. The number of carbonyl (C=O) groups excluding carboxylic acids is 3. The van der Waals surface area contributed by atoms with Crippen molar-refractivity contribution in [2.45, 2.75) is 27.5 Å². The summed E-state index contributed by atoms with van der Waals surface area (Å²) in [5, 5.41) is 8.63. The highest BCUT2D eigenvalue weighted by Crippen LogP contribution is 2.69. The number of ether oxygens (including phenoxy) is 1. The summed E-state index contributed by atoms with van der Waals surface area (Å²) in [6.45, 7) is -0.328. The number of thiazole rings is 1. The third-order valence-corrected chi connectivity index (χ3v) is 13.9. The number of amides is 3. The lowest BCUT2D eigenvalue weighted by atomic mass is 9.68. The number of halogens is 1. The molecule has 3 heterocycles. The van der Waals surface area contributed by atoms with Gasteiger partial charge in [0.2, 0.25) is 21.8 Å². The van der Waals surface area contributed by atoms with Gasteiger partial charge in [-0.15, -0.1) is 11.8 Å². The van der Waals surface area contributed by atoms with Crippen LogP contribution in [0.3, 0.4) is 0 Å². The number of H-pyrrole nitrogens is 1. The molecule has 4 N–H and O–H groups in total. The van der Waals surface area contributed by atoms with Crippen molar-refractivity contribution in [1.29, 1.82) is 0 Å². The monoisotopic (exact) mass is 766 g/mol. The summed E-state index contributed by atoms with van der Waals surface area (Å²) in [6, 6.07) is 20.1. The minimum atomic E-state index is -3.87. The lowest BCUT2D eigenvalue weighted by Gasteiger charge is -2.43. The Hall–Kier alpha value is -3.76. The van der Waals surface area contributed by atoms with Gasteiger partial charge in [-0.3, -0.25) is 24.1 Å². The number of aromatic amines is 1. The molecular formula is C33H27BrN4O7S3. The maximum atomic E-state index is 14.0. The molecule has 8 rings (SSSR count). The van der Waals surface area contributed by atoms with Gasteiger partial charge >= 0.3 is 4.87 Å². The number of para-hydroxylation sites is 1. The van der Waals surface area contributed by atoms with Gasteiger partial charge in [-0.1, -0.05) is 45.5 Å². The number of sulfonamides is 1. The van der Waals surface area contributed by atoms with E-state index in [0.717, 1.165) is 37.7 Å². The molecule has 4 aromatic rings. The highest BCUT2D eigenvalue weighted by Gasteiger charge is 2.69. The van der Waals surface area contributed by atoms with Crippen molar-refractivity contribution in [1.82, 2.24) is 4.98 Å². The van der Waals surface area contributed by atoms with Crippen molar-refractivity contribution in [3.63, 3.8) is 0 Å². The van der Waals surface area contributed by atoms with Crippen molar-refractivity contribution < 1.29 is 27.5 Å². The molecule has 2 aliphatic carbocycles. The van der Waals surface area contributed by atoms with Gasteiger partial charge in [0, 0.05) is 31.8 Å². The van der Waals surface area contributed by atoms with Crippen LogP contribution >= 0.6 is 39.0 Å². The molecule has 2 bridgehead atoms. The number of nitrogens with one attached hydrogen (secondary N) is 2. The van der Waals surface area contributed by atoms with Crippen LogP contribution in [0.15, 0.2) is 92.0 Å². The summed E-state index contributed by atoms with van der Waals surface area (Å²) in [5.41, 5.74) is 1.75. The van der Waals surface area contributed by atoms with Gasteiger partial charge in [-0.05, 0) is 78.8 Å². The Bertz CT molecular complexity index is 2150. The summed E-state index contributed by atoms with van der Waals surface area (Å²) in [6.07, 6.45) is 0.745. The normalized spacial score (nSPS) is 27.0. The third kappa shape index (κ3) is 5.14. The largest absolute Gasteiger partial charge is 0.483 e. The number of carbonyl (C=O) groups is 3. The number of fused-ring (bicyclic) bond motifs is 9. The number of imide groups is 1. The van der Waals surface area contributed by atoms with E-state index in [1.807, 2.05) is 30.3 Å². The second-order valence-electron chi connectivity index (χ2n) is 12.4. The second kappa shape index (κ2) is 11.7. The first-order chi connectivity index (χ1) is 23.0. The first kappa shape index (κ1) is 31.5. The van der Waals surface area contributed by atoms with E-state index in [-0.39, 0.29) is 57.1 Å². The van der Waals surface area contributed by atoms with E-state index in [1.54, 1.807) is 30.0 Å². The highest BCUT2D eigenvalue weighted by atomic mass is 79.9. The van der Waals surface area contributed by atoms with E-state index in [2.05, 4.69) is 26.2 Å². The fraction of sp³-hybridized carbons (Fsp3) is 0.273. The van der Waals surface area contributed by atoms with Crippen LogP contribution in [-0.4, -0.2) is 43.0 Å². The van der Waals surface area contributed by atoms with Gasteiger partial charge in [0.15, 0.2) is 6.61 Å². The molecule has 0 spiro atoms. The molecular weight excluding hydrogens is 740 g/mol. The van der Waals surface area contributed by atoms with Gasteiger partial charge in [0.05, 0.1) is 27.4 Å². The summed E-state index contributed by atoms with van der Waals surface area (Å²) < 4.78 is 30.1. The molecule has 1 aromatic heterocycles. The van der Waals surface area contributed by atoms with Crippen LogP contribution in [0, 0.1) is 29.6 Å². The van der Waals surface area contributed by atoms with Gasteiger partial charge in [0.1, 0.15) is 5.75 Å². The number of anilines is 2. The van der Waals surface area contributed by atoms with Crippen LogP contribution in [0.4, 0.5) is 11.4 Å². The Balaban J connectivity index is 1.09. The zero-order chi connectivity index (χ0) is 33.5. The number of hydrogen-bond acceptors (Lipinski definition) is 9. The highest BCUT2D eigenvalue weighted by molar-refractivity contribution is 9.10. The molecule has 3 aromatic carbocycles. The first-order valence-corrected chi connectivity index (χ1v) is 19.2. The molecule has 3 amide bonds. The number of rotatable bonds is 7. The average molecular weight is 768 g/mol. The molecule has 2 aliphatic heterocycles. The van der Waals surface area contributed by atoms with Crippen molar-refractivity contribution in [2.24, 2.45) is 34.7 Å². The van der Waals surface area contributed by atoms with E-state index < -0.39 is 27.8 Å². The summed E-state index contributed by atoms with van der Waals surface area (Å²) >= 11 is 6.18. The molecule has 11 nitrogen and oxygen atoms in total. The lowest BCUT2D eigenvalue weighted by molar-refractivity contribution is -0.123. The average Bonchev–Trinajstić information content (AvgIpc) is 3.79. The van der Waals surface area contributed by atoms with Crippen LogP contribution in [0.5, 0.6) is 5.75 Å². The molecule has 3 fully saturated rings. The summed E-state index contributed by atoms with van der Waals surface area (Å²) in [4.78, 5) is 58.5. The maximum Gasteiger partial charge on any atom is 0.305 e. The Morgan fingerprint density at radius 3 is 2.38 bits per heavy atom. The summed E-state index contributed by atoms with van der Waals surface area (Å²) in [7, 11) is -3.87. The van der Waals surface area contributed by atoms with Crippen molar-refractivity contribution >= 4 is 78.1 Å². The molecule has 7 atom stereocenters. The Kier molecular flexibility index (Phi) is 7.67. The smallest absolute Gasteiger partial charge is 0.305 e. The maximum absolute atomic E-state index is 14.0. The predicted molar refractivity (Wildman–Crippen MR) is 184 cm³/mol. The number of hydrogen-bond donors (Lipinski definition) is 3. The molecule has 48 heavy (non-hydrogen) atoms. The van der Waals surface area contributed by atoms with Crippen LogP contribution in [0.25, 0.3) is 0 Å². The number of primary sulfonamides is 1. The van der Waals surface area contributed by atoms with Gasteiger partial charge < -0.3 is 15.0 Å². The van der Waals surface area contributed by atoms with Gasteiger partial charge in [-0.2, -0.15) is 0 Å². The molecule has 15 heteroatoms. The number of benzene rings is 3. The molecule has 246 valence electrons. The first-order valence-electron chi connectivity index (χ1n) is 15.2. The van der Waals surface area contributed by atoms with E-state index in [0.29, 0.717) is 17.1 Å². The quantitative estimate of drug-likeness (QED) is 0.231. The standard InChI is InChI=1S/C33H27BrN4O7S3/c34-15-5-9-17(10-6-15)38-31(40)26-20-13-21(27(26)32(38)41)28-25(20)24(29-30(46-28)37-33(42)47-29)19-3-1-2-4-22(19)45-14-23(39)36-16-7-11-18(12-8-16)48(35,43)44/h1-12,20-21,24-28H,13-14H2,(H,36,39)(H,37,42)(H2,35,43,44)/t20-,21-,24+,25-,26+,27+,28-/m1/s1. The topological polar surface area (TPSA) is 169 Å². The Morgan fingerprint density at radius 1 is 0.979 bits per heavy atom. The summed E-state index contributed by atoms with van der Waals surface area (Å²) in [5.74, 6) is -1.63. The number of aromatic nitrogens is 1. The Morgan fingerprint density at radius 2 is 1.67 bits per heavy atom. The molecule has 2 saturated carbocycles. The fourth-order valence-electron chi connectivity index (χ4n) is 8.15. The van der Waals surface area contributed by atoms with E-state index in [4.69, 9.17) is 9.88 Å². The minimum absolute atomic E-state index is 0.00252. The lowest BCUT2D eigenvalue weighted by Crippen LogP contribution is -2.42. The van der Waals surface area contributed by atoms with Crippen molar-refractivity contribution in [3.05, 3.63) is 97.4 Å². The third-order valence-electron chi connectivity index (χ3n) is 9.89. The zero-order valence-electron chi connectivity index (χ0n) is 24.9. The van der Waals surface area contributed by atoms with Gasteiger partial charge in [0.25, 0.3) is 5.91 Å². The van der Waals surface area contributed by atoms with Crippen LogP contribution in [0.1, 0.15) is 22.8 Å². The molecule has 0 radical (unpaired) electrons. The van der Waals surface area contributed by atoms with E-state index in [9.17, 15) is 27.6 Å². The molecule has 1 saturated heterocycles. The van der Waals surface area contributed by atoms with Crippen molar-refractivity contribution in [3.8, 4) is 5.75 Å². The fourth-order valence-corrected chi connectivity index (χ4v) is 11.8. The van der Waals surface area contributed by atoms with Crippen molar-refractivity contribution in [2.75, 3.05) is 16.8 Å². The number of thioether (sulfide) groups is 1. The molecule has 0 unspecified atom stereocenters. The zero-order valence-corrected chi connectivity index (χ0v) is 28.9. The molecule has 4 aliphatic rings. The van der Waals surface area contributed by atoms with Crippen LogP contribution in [0.2, 0.25) is 0 Å².